The molecule has 6 fully saturated rings. The number of aromatic nitrogens is 2. The van der Waals surface area contributed by atoms with Crippen molar-refractivity contribution in [2.45, 2.75) is 83.3 Å². The van der Waals surface area contributed by atoms with E-state index in [0.717, 1.165) is 141 Å². The molecule has 2 amide bonds. The summed E-state index contributed by atoms with van der Waals surface area (Å²) in [6.45, 7) is 7.01. The number of hydrogen-bond donors (Lipinski definition) is 1. The summed E-state index contributed by atoms with van der Waals surface area (Å²) in [6, 6.07) is 21.6. The highest BCUT2D eigenvalue weighted by molar-refractivity contribution is 6.03. The highest BCUT2D eigenvalue weighted by atomic mass is 16.5. The van der Waals surface area contributed by atoms with Gasteiger partial charge in [0.2, 0.25) is 11.8 Å². The number of morpholine rings is 2. The van der Waals surface area contributed by atoms with Crippen LogP contribution < -0.4 is 29.8 Å². The molecule has 6 heterocycles. The highest BCUT2D eigenvalue weighted by Crippen LogP contribution is 2.61. The van der Waals surface area contributed by atoms with Crippen molar-refractivity contribution in [1.82, 2.24) is 9.97 Å². The zero-order valence-corrected chi connectivity index (χ0v) is 35.7. The van der Waals surface area contributed by atoms with Gasteiger partial charge < -0.3 is 39.3 Å². The van der Waals surface area contributed by atoms with Gasteiger partial charge in [0.05, 0.1) is 62.3 Å². The Morgan fingerprint density at radius 3 is 2.11 bits per heavy atom. The molecule has 8 aliphatic rings. The Hall–Kier alpha value is -5.20. The van der Waals surface area contributed by atoms with Crippen molar-refractivity contribution in [3.63, 3.8) is 0 Å². The number of fused-ring (bicyclic) bond motifs is 5. The quantitative estimate of drug-likeness (QED) is 0.212. The van der Waals surface area contributed by atoms with Crippen molar-refractivity contribution in [3.05, 3.63) is 84.2 Å². The van der Waals surface area contributed by atoms with Crippen LogP contribution in [-0.4, -0.2) is 80.4 Å². The van der Waals surface area contributed by atoms with E-state index >= 15 is 9.59 Å². The Labute approximate surface area is 364 Å². The maximum atomic E-state index is 15.7. The fourth-order valence-corrected chi connectivity index (χ4v) is 12.8. The SMILES string of the molecule is O=C(C1CC(N2c3ccc(N4CCOCC4)cc3N(C(=O)C3CCCCC34CC4)Cc3cccnc32)C2CCCC12)N1Cc2cccnc2Nc2ccc(N3CCOCC3)cc21. The maximum absolute atomic E-state index is 15.7. The van der Waals surface area contributed by atoms with Crippen LogP contribution in [0, 0.1) is 29.1 Å². The minimum absolute atomic E-state index is 0.0378. The van der Waals surface area contributed by atoms with Gasteiger partial charge in [-0.1, -0.05) is 31.4 Å². The third-order valence-corrected chi connectivity index (χ3v) is 16.1. The Bertz CT molecular complexity index is 2370. The van der Waals surface area contributed by atoms with Crippen LogP contribution in [0.5, 0.6) is 0 Å². The number of amides is 2. The van der Waals surface area contributed by atoms with Crippen LogP contribution in [0.25, 0.3) is 0 Å². The van der Waals surface area contributed by atoms with E-state index in [-0.39, 0.29) is 41.0 Å². The predicted molar refractivity (Wildman–Crippen MR) is 242 cm³/mol. The molecule has 5 unspecified atom stereocenters. The van der Waals surface area contributed by atoms with Crippen molar-refractivity contribution in [2.24, 2.45) is 29.1 Å². The maximum Gasteiger partial charge on any atom is 0.231 e. The fraction of sp³-hybridized carbons (Fsp3) is 0.520. The molecular weight excluding hydrogens is 777 g/mol. The van der Waals surface area contributed by atoms with Gasteiger partial charge in [-0.15, -0.1) is 0 Å². The van der Waals surface area contributed by atoms with E-state index in [1.165, 1.54) is 6.42 Å². The second-order valence-electron chi connectivity index (χ2n) is 19.2. The molecule has 2 aromatic heterocycles. The first-order valence-electron chi connectivity index (χ1n) is 23.5. The van der Waals surface area contributed by atoms with Crippen LogP contribution in [0.4, 0.5) is 45.8 Å². The lowest BCUT2D eigenvalue weighted by Crippen LogP contribution is -2.41. The topological polar surface area (TPSA) is 107 Å². The lowest BCUT2D eigenvalue weighted by atomic mass is 9.75. The van der Waals surface area contributed by atoms with E-state index in [1.807, 2.05) is 24.5 Å². The second-order valence-corrected chi connectivity index (χ2v) is 19.2. The van der Waals surface area contributed by atoms with Crippen molar-refractivity contribution in [2.75, 3.05) is 82.4 Å². The molecule has 2 aromatic carbocycles. The average molecular weight is 835 g/mol. The van der Waals surface area contributed by atoms with E-state index < -0.39 is 0 Å². The predicted octanol–water partition coefficient (Wildman–Crippen LogP) is 8.20. The largest absolute Gasteiger partial charge is 0.378 e. The van der Waals surface area contributed by atoms with Crippen molar-refractivity contribution >= 4 is 57.6 Å². The summed E-state index contributed by atoms with van der Waals surface area (Å²) in [6.07, 6.45) is 14.4. The van der Waals surface area contributed by atoms with Crippen LogP contribution in [0.1, 0.15) is 75.3 Å². The molecular formula is C50H58N8O4. The first-order chi connectivity index (χ1) is 30.5. The monoisotopic (exact) mass is 834 g/mol. The second kappa shape index (κ2) is 15.6. The Morgan fingerprint density at radius 2 is 1.34 bits per heavy atom. The molecule has 12 heteroatoms. The van der Waals surface area contributed by atoms with Crippen LogP contribution in [0.15, 0.2) is 73.1 Å². The lowest BCUT2D eigenvalue weighted by molar-refractivity contribution is -0.126. The summed E-state index contributed by atoms with van der Waals surface area (Å²) >= 11 is 0. The fourth-order valence-electron chi connectivity index (χ4n) is 12.8. The molecule has 62 heavy (non-hydrogen) atoms. The number of anilines is 8. The number of nitrogens with one attached hydrogen (secondary N) is 1. The number of pyridine rings is 2. The first kappa shape index (κ1) is 38.5. The first-order valence-corrected chi connectivity index (χ1v) is 23.5. The molecule has 0 bridgehead atoms. The molecule has 12 nitrogen and oxygen atoms in total. The molecule has 1 N–H and O–H groups in total. The van der Waals surface area contributed by atoms with Gasteiger partial charge in [-0.25, -0.2) is 9.97 Å². The molecule has 1 spiro atoms. The van der Waals surface area contributed by atoms with Gasteiger partial charge in [0.25, 0.3) is 0 Å². The van der Waals surface area contributed by atoms with Crippen LogP contribution in [-0.2, 0) is 32.2 Å². The van der Waals surface area contributed by atoms with Crippen LogP contribution in [0.2, 0.25) is 0 Å². The smallest absolute Gasteiger partial charge is 0.231 e. The number of hydrogen-bond acceptors (Lipinski definition) is 10. The van der Waals surface area contributed by atoms with E-state index in [2.05, 4.69) is 78.3 Å². The van der Waals surface area contributed by atoms with Crippen LogP contribution in [0.3, 0.4) is 0 Å². The molecule has 4 saturated carbocycles. The van der Waals surface area contributed by atoms with Gasteiger partial charge in [-0.3, -0.25) is 9.59 Å². The number of benzene rings is 2. The summed E-state index contributed by atoms with van der Waals surface area (Å²) in [7, 11) is 0. The zero-order valence-electron chi connectivity index (χ0n) is 35.7. The summed E-state index contributed by atoms with van der Waals surface area (Å²) in [4.78, 5) is 52.4. The molecule has 0 radical (unpaired) electrons. The van der Waals surface area contributed by atoms with Crippen molar-refractivity contribution in [1.29, 1.82) is 0 Å². The lowest BCUT2D eigenvalue weighted by Gasteiger charge is -2.38. The number of ether oxygens (including phenoxy) is 2. The number of nitrogens with zero attached hydrogens (tertiary/aromatic N) is 7. The average Bonchev–Trinajstić information content (AvgIpc) is 3.86. The highest BCUT2D eigenvalue weighted by Gasteiger charge is 2.56. The van der Waals surface area contributed by atoms with E-state index in [1.54, 1.807) is 0 Å². The number of rotatable bonds is 5. The molecule has 4 aliphatic carbocycles. The van der Waals surface area contributed by atoms with Crippen molar-refractivity contribution in [3.8, 4) is 0 Å². The molecule has 322 valence electrons. The van der Waals surface area contributed by atoms with Gasteiger partial charge in [0.1, 0.15) is 11.6 Å². The molecule has 4 aromatic rings. The molecule has 5 atom stereocenters. The van der Waals surface area contributed by atoms with Crippen LogP contribution >= 0.6 is 0 Å². The summed E-state index contributed by atoms with van der Waals surface area (Å²) in [5.74, 6) is 2.60. The Morgan fingerprint density at radius 1 is 0.661 bits per heavy atom. The molecule has 12 rings (SSSR count). The third kappa shape index (κ3) is 6.53. The normalized spacial score (nSPS) is 27.3. The number of carbonyl (C=O) groups excluding carboxylic acids is 2. The number of carbonyl (C=O) groups is 2. The van der Waals surface area contributed by atoms with Gasteiger partial charge in [0.15, 0.2) is 0 Å². The zero-order chi connectivity index (χ0) is 41.4. The van der Waals surface area contributed by atoms with Gasteiger partial charge in [-0.2, -0.15) is 0 Å². The Balaban J connectivity index is 0.944. The summed E-state index contributed by atoms with van der Waals surface area (Å²) < 4.78 is 11.5. The van der Waals surface area contributed by atoms with E-state index in [9.17, 15) is 0 Å². The summed E-state index contributed by atoms with van der Waals surface area (Å²) in [5.41, 5.74) is 8.31. The molecule has 2 saturated heterocycles. The van der Waals surface area contributed by atoms with E-state index in [0.29, 0.717) is 45.4 Å². The summed E-state index contributed by atoms with van der Waals surface area (Å²) in [5, 5.41) is 3.61. The molecule has 4 aliphatic heterocycles. The van der Waals surface area contributed by atoms with Gasteiger partial charge >= 0.3 is 0 Å². The van der Waals surface area contributed by atoms with Gasteiger partial charge in [-0.05, 0) is 111 Å². The van der Waals surface area contributed by atoms with E-state index in [4.69, 9.17) is 19.4 Å². The minimum Gasteiger partial charge on any atom is -0.378 e. The third-order valence-electron chi connectivity index (χ3n) is 16.1. The van der Waals surface area contributed by atoms with Crippen molar-refractivity contribution < 1.29 is 19.1 Å². The van der Waals surface area contributed by atoms with Gasteiger partial charge in [0, 0.05) is 79.0 Å². The Kier molecular flexibility index (Phi) is 9.65. The minimum atomic E-state index is -0.174. The standard InChI is InChI=1S/C50H58N8O4/c59-48(56-31-33-6-4-18-51-46(33)53-41-13-11-35(28-44(41)56)54-20-24-61-25-21-54)39-30-43(38-9-3-8-37(38)39)58-42-14-12-36(55-22-26-62-27-23-55)29-45(42)57(32-34-7-5-19-52-47(34)58)49(60)40-10-1-2-15-50(40)16-17-50/h4-7,11-14,18-19,28-29,37-40,43H,1-3,8-10,15-17,20-27,30-32H2,(H,51,53).